The highest BCUT2D eigenvalue weighted by molar-refractivity contribution is 5.45. The molecule has 1 aromatic rings. The number of morpholine rings is 2. The number of unbranched alkanes of at least 4 members (excludes halogenated alkanes) is 3. The lowest BCUT2D eigenvalue weighted by Gasteiger charge is -2.30. The van der Waals surface area contributed by atoms with E-state index in [1.54, 1.807) is 0 Å². The smallest absolute Gasteiger partial charge is 0.232 e. The van der Waals surface area contributed by atoms with Gasteiger partial charge in [-0.05, 0) is 19.4 Å². The summed E-state index contributed by atoms with van der Waals surface area (Å²) in [5.41, 5.74) is 5.54. The molecule has 0 spiro atoms. The molecule has 26 heavy (non-hydrogen) atoms. The van der Waals surface area contributed by atoms with Crippen molar-refractivity contribution < 1.29 is 9.47 Å². The minimum absolute atomic E-state index is 0.654. The predicted octanol–water partition coefficient (Wildman–Crippen LogP) is 0.476. The van der Waals surface area contributed by atoms with Gasteiger partial charge in [0.1, 0.15) is 0 Å². The second-order valence-electron chi connectivity index (χ2n) is 6.59. The number of rotatable bonds is 9. The van der Waals surface area contributed by atoms with E-state index >= 15 is 0 Å². The maximum atomic E-state index is 5.54. The van der Waals surface area contributed by atoms with Gasteiger partial charge in [0.2, 0.25) is 17.8 Å². The van der Waals surface area contributed by atoms with Crippen molar-refractivity contribution in [1.82, 2.24) is 15.0 Å². The van der Waals surface area contributed by atoms with Crippen LogP contribution in [0.2, 0.25) is 0 Å². The maximum Gasteiger partial charge on any atom is 0.232 e. The van der Waals surface area contributed by atoms with Gasteiger partial charge in [0.25, 0.3) is 0 Å². The molecule has 9 heteroatoms. The van der Waals surface area contributed by atoms with E-state index in [-0.39, 0.29) is 0 Å². The first-order valence-corrected chi connectivity index (χ1v) is 9.72. The van der Waals surface area contributed by atoms with Crippen LogP contribution in [0.5, 0.6) is 0 Å². The molecular formula is C17H31N7O2. The fraction of sp³-hybridized carbons (Fsp3) is 0.824. The van der Waals surface area contributed by atoms with Gasteiger partial charge in [-0.15, -0.1) is 0 Å². The van der Waals surface area contributed by atoms with E-state index in [1.807, 2.05) is 0 Å². The van der Waals surface area contributed by atoms with E-state index in [1.165, 1.54) is 12.8 Å². The Morgan fingerprint density at radius 3 is 1.85 bits per heavy atom. The Bertz CT molecular complexity index is 498. The average molecular weight is 365 g/mol. The molecule has 2 aliphatic rings. The SMILES string of the molecule is NCCCCCCNc1nc(N2CCOCC2)nc(N2CCOCC2)n1. The highest BCUT2D eigenvalue weighted by atomic mass is 16.5. The largest absolute Gasteiger partial charge is 0.378 e. The Balaban J connectivity index is 1.65. The average Bonchev–Trinajstić information content (AvgIpc) is 2.72. The molecule has 0 aliphatic carbocycles. The zero-order chi connectivity index (χ0) is 18.0. The molecule has 146 valence electrons. The second-order valence-corrected chi connectivity index (χ2v) is 6.59. The van der Waals surface area contributed by atoms with Gasteiger partial charge in [0.05, 0.1) is 26.4 Å². The Hall–Kier alpha value is -1.71. The lowest BCUT2D eigenvalue weighted by molar-refractivity contribution is 0.121. The van der Waals surface area contributed by atoms with Crippen molar-refractivity contribution in [3.8, 4) is 0 Å². The van der Waals surface area contributed by atoms with Gasteiger partial charge >= 0.3 is 0 Å². The molecule has 0 saturated carbocycles. The van der Waals surface area contributed by atoms with E-state index in [0.717, 1.165) is 64.0 Å². The predicted molar refractivity (Wildman–Crippen MR) is 102 cm³/mol. The minimum atomic E-state index is 0.654. The molecule has 2 saturated heterocycles. The van der Waals surface area contributed by atoms with E-state index in [9.17, 15) is 0 Å². The molecule has 1 aromatic heterocycles. The highest BCUT2D eigenvalue weighted by Crippen LogP contribution is 2.18. The fourth-order valence-electron chi connectivity index (χ4n) is 3.07. The first kappa shape index (κ1) is 19.1. The lowest BCUT2D eigenvalue weighted by Crippen LogP contribution is -2.40. The van der Waals surface area contributed by atoms with Gasteiger partial charge in [-0.2, -0.15) is 15.0 Å². The summed E-state index contributed by atoms with van der Waals surface area (Å²) < 4.78 is 10.9. The van der Waals surface area contributed by atoms with Crippen molar-refractivity contribution in [1.29, 1.82) is 0 Å². The van der Waals surface area contributed by atoms with Crippen LogP contribution in [0.4, 0.5) is 17.8 Å². The molecule has 3 N–H and O–H groups in total. The van der Waals surface area contributed by atoms with Crippen LogP contribution in [0.15, 0.2) is 0 Å². The van der Waals surface area contributed by atoms with E-state index in [0.29, 0.717) is 32.4 Å². The number of nitrogens with two attached hydrogens (primary N) is 1. The van der Waals surface area contributed by atoms with Crippen LogP contribution < -0.4 is 20.9 Å². The van der Waals surface area contributed by atoms with Crippen LogP contribution in [0.3, 0.4) is 0 Å². The second kappa shape index (κ2) is 10.4. The molecule has 0 unspecified atom stereocenters. The van der Waals surface area contributed by atoms with Gasteiger partial charge in [-0.25, -0.2) is 0 Å². The number of hydrogen-bond acceptors (Lipinski definition) is 9. The third kappa shape index (κ3) is 5.65. The van der Waals surface area contributed by atoms with Gasteiger partial charge < -0.3 is 30.3 Å². The molecular weight excluding hydrogens is 334 g/mol. The van der Waals surface area contributed by atoms with Crippen LogP contribution >= 0.6 is 0 Å². The molecule has 2 aliphatic heterocycles. The molecule has 2 fully saturated rings. The first-order valence-electron chi connectivity index (χ1n) is 9.72. The van der Waals surface area contributed by atoms with Crippen LogP contribution in [0.25, 0.3) is 0 Å². The van der Waals surface area contributed by atoms with Crippen molar-refractivity contribution in [2.24, 2.45) is 5.73 Å². The van der Waals surface area contributed by atoms with E-state index < -0.39 is 0 Å². The third-order valence-electron chi connectivity index (χ3n) is 4.61. The van der Waals surface area contributed by atoms with Gasteiger partial charge in [0, 0.05) is 32.7 Å². The molecule has 3 heterocycles. The van der Waals surface area contributed by atoms with Crippen LogP contribution in [0.1, 0.15) is 25.7 Å². The van der Waals surface area contributed by atoms with Crippen molar-refractivity contribution >= 4 is 17.8 Å². The zero-order valence-electron chi connectivity index (χ0n) is 15.5. The van der Waals surface area contributed by atoms with Gasteiger partial charge in [0.15, 0.2) is 0 Å². The van der Waals surface area contributed by atoms with Crippen molar-refractivity contribution in [2.45, 2.75) is 25.7 Å². The van der Waals surface area contributed by atoms with Crippen LogP contribution in [0, 0.1) is 0 Å². The topological polar surface area (TPSA) is 102 Å². The summed E-state index contributed by atoms with van der Waals surface area (Å²) in [4.78, 5) is 18.3. The Morgan fingerprint density at radius 2 is 1.31 bits per heavy atom. The lowest BCUT2D eigenvalue weighted by atomic mass is 10.2. The van der Waals surface area contributed by atoms with Gasteiger partial charge in [-0.1, -0.05) is 12.8 Å². The molecule has 0 bridgehead atoms. The minimum Gasteiger partial charge on any atom is -0.378 e. The summed E-state index contributed by atoms with van der Waals surface area (Å²) in [6, 6.07) is 0. The molecule has 3 rings (SSSR count). The highest BCUT2D eigenvalue weighted by Gasteiger charge is 2.20. The number of hydrogen-bond donors (Lipinski definition) is 2. The maximum absolute atomic E-state index is 5.54. The van der Waals surface area contributed by atoms with E-state index in [2.05, 4.69) is 25.1 Å². The summed E-state index contributed by atoms with van der Waals surface area (Å²) >= 11 is 0. The van der Waals surface area contributed by atoms with Crippen LogP contribution in [-0.4, -0.2) is 80.6 Å². The number of nitrogens with one attached hydrogen (secondary N) is 1. The molecule has 0 amide bonds. The van der Waals surface area contributed by atoms with Crippen LogP contribution in [-0.2, 0) is 9.47 Å². The Kier molecular flexibility index (Phi) is 7.66. The third-order valence-corrected chi connectivity index (χ3v) is 4.61. The van der Waals surface area contributed by atoms with Crippen molar-refractivity contribution in [2.75, 3.05) is 80.8 Å². The number of nitrogens with zero attached hydrogens (tertiary/aromatic N) is 5. The molecule has 0 aromatic carbocycles. The molecule has 9 nitrogen and oxygen atoms in total. The monoisotopic (exact) mass is 365 g/mol. The molecule has 0 atom stereocenters. The normalized spacial score (nSPS) is 18.2. The van der Waals surface area contributed by atoms with Crippen molar-refractivity contribution in [3.63, 3.8) is 0 Å². The summed E-state index contributed by atoms with van der Waals surface area (Å²) in [7, 11) is 0. The first-order chi connectivity index (χ1) is 12.9. The number of aromatic nitrogens is 3. The standard InChI is InChI=1S/C17H31N7O2/c18-5-3-1-2-4-6-19-15-20-16(23-7-11-25-12-8-23)22-17(21-15)24-9-13-26-14-10-24/h1-14,18H2,(H,19,20,21,22). The Labute approximate surface area is 155 Å². The number of anilines is 3. The summed E-state index contributed by atoms with van der Waals surface area (Å²) in [5.74, 6) is 2.12. The summed E-state index contributed by atoms with van der Waals surface area (Å²) in [5, 5.41) is 3.37. The van der Waals surface area contributed by atoms with E-state index in [4.69, 9.17) is 20.2 Å². The molecule has 0 radical (unpaired) electrons. The fourth-order valence-corrected chi connectivity index (χ4v) is 3.07. The summed E-state index contributed by atoms with van der Waals surface area (Å²) in [6.07, 6.45) is 4.52. The summed E-state index contributed by atoms with van der Waals surface area (Å²) in [6.45, 7) is 7.72. The zero-order valence-corrected chi connectivity index (χ0v) is 15.5. The quantitative estimate of drug-likeness (QED) is 0.605. The Morgan fingerprint density at radius 1 is 0.769 bits per heavy atom. The number of ether oxygens (including phenoxy) is 2. The van der Waals surface area contributed by atoms with Crippen molar-refractivity contribution in [3.05, 3.63) is 0 Å². The van der Waals surface area contributed by atoms with Gasteiger partial charge in [-0.3, -0.25) is 0 Å².